The van der Waals surface area contributed by atoms with Crippen molar-refractivity contribution in [2.24, 2.45) is 0 Å². The van der Waals surface area contributed by atoms with Gasteiger partial charge in [0.05, 0.1) is 4.92 Å². The van der Waals surface area contributed by atoms with Gasteiger partial charge < -0.3 is 15.1 Å². The third kappa shape index (κ3) is 4.02. The third-order valence-corrected chi connectivity index (χ3v) is 4.90. The molecule has 1 N–H and O–H groups in total. The Morgan fingerprint density at radius 2 is 1.93 bits per heavy atom. The van der Waals surface area contributed by atoms with Crippen LogP contribution in [0.4, 0.5) is 17.1 Å². The molecule has 7 nitrogen and oxygen atoms in total. The number of para-hydroxylation sites is 1. The summed E-state index contributed by atoms with van der Waals surface area (Å²) in [5.74, 6) is -0.239. The Kier molecular flexibility index (Phi) is 5.59. The molecule has 1 saturated heterocycles. The van der Waals surface area contributed by atoms with Crippen LogP contribution in [-0.4, -0.2) is 42.9 Å². The molecule has 1 aliphatic rings. The molecule has 1 fully saturated rings. The van der Waals surface area contributed by atoms with Crippen LogP contribution >= 0.6 is 0 Å². The Morgan fingerprint density at radius 1 is 1.22 bits per heavy atom. The number of nitrogens with zero attached hydrogens (tertiary/aromatic N) is 3. The lowest BCUT2D eigenvalue weighted by Crippen LogP contribution is -2.28. The lowest BCUT2D eigenvalue weighted by molar-refractivity contribution is -0.384. The van der Waals surface area contributed by atoms with Crippen molar-refractivity contribution in [3.8, 4) is 0 Å². The molecule has 1 heterocycles. The minimum atomic E-state index is -0.481. The second-order valence-corrected chi connectivity index (χ2v) is 6.72. The molecule has 27 heavy (non-hydrogen) atoms. The van der Waals surface area contributed by atoms with Gasteiger partial charge in [0.1, 0.15) is 5.69 Å². The molecule has 0 unspecified atom stereocenters. The number of benzene rings is 2. The van der Waals surface area contributed by atoms with Crippen molar-refractivity contribution < 1.29 is 9.72 Å². The summed E-state index contributed by atoms with van der Waals surface area (Å²) in [6.07, 6.45) is 2.37. The Morgan fingerprint density at radius 3 is 2.59 bits per heavy atom. The monoisotopic (exact) mass is 368 g/mol. The van der Waals surface area contributed by atoms with Gasteiger partial charge >= 0.3 is 0 Å². The summed E-state index contributed by atoms with van der Waals surface area (Å²) in [7, 11) is 3.34. The molecule has 0 saturated carbocycles. The molecule has 1 aliphatic heterocycles. The summed E-state index contributed by atoms with van der Waals surface area (Å²) in [5, 5.41) is 14.0. The molecular formula is C20H24N4O3. The summed E-state index contributed by atoms with van der Waals surface area (Å²) in [5.41, 5.74) is 2.83. The highest BCUT2D eigenvalue weighted by molar-refractivity contribution is 5.95. The van der Waals surface area contributed by atoms with E-state index in [1.54, 1.807) is 31.1 Å². The van der Waals surface area contributed by atoms with Crippen LogP contribution in [0.1, 0.15) is 28.8 Å². The van der Waals surface area contributed by atoms with Gasteiger partial charge in [0, 0.05) is 51.0 Å². The van der Waals surface area contributed by atoms with Gasteiger partial charge in [0.25, 0.3) is 11.6 Å². The zero-order chi connectivity index (χ0) is 19.4. The molecule has 0 bridgehead atoms. The van der Waals surface area contributed by atoms with Crippen LogP contribution < -0.4 is 10.2 Å². The van der Waals surface area contributed by atoms with Gasteiger partial charge in [-0.25, -0.2) is 0 Å². The second kappa shape index (κ2) is 8.07. The second-order valence-electron chi connectivity index (χ2n) is 6.72. The standard InChI is InChI=1S/C20H24N4O3/c1-21-17-10-9-15(13-19(17)24(26)27)20(25)22(2)14-16-7-3-4-8-18(16)23-11-5-6-12-23/h3-4,7-10,13,21H,5-6,11-12,14H2,1-2H3. The van der Waals surface area contributed by atoms with Crippen molar-refractivity contribution in [2.75, 3.05) is 37.4 Å². The van der Waals surface area contributed by atoms with E-state index in [1.807, 2.05) is 18.2 Å². The summed E-state index contributed by atoms with van der Waals surface area (Å²) >= 11 is 0. The van der Waals surface area contributed by atoms with Crippen molar-refractivity contribution in [2.45, 2.75) is 19.4 Å². The number of amides is 1. The first-order chi connectivity index (χ1) is 13.0. The minimum Gasteiger partial charge on any atom is -0.383 e. The summed E-state index contributed by atoms with van der Waals surface area (Å²) < 4.78 is 0. The lowest BCUT2D eigenvalue weighted by Gasteiger charge is -2.24. The maximum atomic E-state index is 12.8. The van der Waals surface area contributed by atoms with Gasteiger partial charge in [0.15, 0.2) is 0 Å². The van der Waals surface area contributed by atoms with E-state index in [0.717, 1.165) is 24.3 Å². The fourth-order valence-corrected chi connectivity index (χ4v) is 3.49. The molecular weight excluding hydrogens is 344 g/mol. The first-order valence-corrected chi connectivity index (χ1v) is 9.05. The van der Waals surface area contributed by atoms with Gasteiger partial charge in [-0.05, 0) is 36.6 Å². The molecule has 3 rings (SSSR count). The highest BCUT2D eigenvalue weighted by Gasteiger charge is 2.21. The number of carbonyl (C=O) groups excluding carboxylic acids is 1. The van der Waals surface area contributed by atoms with Crippen LogP contribution in [0.15, 0.2) is 42.5 Å². The van der Waals surface area contributed by atoms with E-state index in [-0.39, 0.29) is 11.6 Å². The topological polar surface area (TPSA) is 78.7 Å². The van der Waals surface area contributed by atoms with Crippen molar-refractivity contribution in [3.05, 3.63) is 63.7 Å². The van der Waals surface area contributed by atoms with Crippen LogP contribution in [0.2, 0.25) is 0 Å². The lowest BCUT2D eigenvalue weighted by atomic mass is 10.1. The van der Waals surface area contributed by atoms with E-state index in [0.29, 0.717) is 17.8 Å². The number of nitro benzene ring substituents is 1. The summed E-state index contributed by atoms with van der Waals surface area (Å²) in [4.78, 5) is 27.5. The molecule has 0 aliphatic carbocycles. The number of rotatable bonds is 6. The normalized spacial score (nSPS) is 13.5. The zero-order valence-corrected chi connectivity index (χ0v) is 15.6. The number of nitrogens with one attached hydrogen (secondary N) is 1. The first-order valence-electron chi connectivity index (χ1n) is 9.05. The van der Waals surface area contributed by atoms with E-state index in [4.69, 9.17) is 0 Å². The Balaban J connectivity index is 1.81. The van der Waals surface area contributed by atoms with Crippen LogP contribution in [0, 0.1) is 10.1 Å². The van der Waals surface area contributed by atoms with E-state index in [9.17, 15) is 14.9 Å². The maximum Gasteiger partial charge on any atom is 0.293 e. The highest BCUT2D eigenvalue weighted by atomic mass is 16.6. The van der Waals surface area contributed by atoms with Crippen molar-refractivity contribution >= 4 is 23.0 Å². The number of hydrogen-bond donors (Lipinski definition) is 1. The third-order valence-electron chi connectivity index (χ3n) is 4.90. The number of anilines is 2. The quantitative estimate of drug-likeness (QED) is 0.623. The summed E-state index contributed by atoms with van der Waals surface area (Å²) in [6.45, 7) is 2.52. The van der Waals surface area contributed by atoms with Crippen LogP contribution in [0.5, 0.6) is 0 Å². The Hall–Kier alpha value is -3.09. The number of hydrogen-bond acceptors (Lipinski definition) is 5. The van der Waals surface area contributed by atoms with E-state index in [2.05, 4.69) is 16.3 Å². The predicted octanol–water partition coefficient (Wildman–Crippen LogP) is 3.51. The molecule has 0 spiro atoms. The van der Waals surface area contributed by atoms with Gasteiger partial charge in [-0.15, -0.1) is 0 Å². The fourth-order valence-electron chi connectivity index (χ4n) is 3.49. The largest absolute Gasteiger partial charge is 0.383 e. The molecule has 0 aromatic heterocycles. The van der Waals surface area contributed by atoms with Crippen molar-refractivity contribution in [3.63, 3.8) is 0 Å². The Bertz CT molecular complexity index is 847. The summed E-state index contributed by atoms with van der Waals surface area (Å²) in [6, 6.07) is 12.6. The molecule has 2 aromatic rings. The molecule has 142 valence electrons. The van der Waals surface area contributed by atoms with Crippen molar-refractivity contribution in [1.29, 1.82) is 0 Å². The smallest absolute Gasteiger partial charge is 0.293 e. The van der Waals surface area contributed by atoms with Crippen molar-refractivity contribution in [1.82, 2.24) is 4.90 Å². The number of carbonyl (C=O) groups is 1. The highest BCUT2D eigenvalue weighted by Crippen LogP contribution is 2.28. The van der Waals surface area contributed by atoms with E-state index >= 15 is 0 Å². The molecule has 1 amide bonds. The maximum absolute atomic E-state index is 12.8. The predicted molar refractivity (Wildman–Crippen MR) is 106 cm³/mol. The van der Waals surface area contributed by atoms with Gasteiger partial charge in [-0.3, -0.25) is 14.9 Å². The SMILES string of the molecule is CNc1ccc(C(=O)N(C)Cc2ccccc2N2CCCC2)cc1[N+](=O)[O-]. The Labute approximate surface area is 158 Å². The molecule has 0 atom stereocenters. The average molecular weight is 368 g/mol. The first kappa shape index (κ1) is 18.7. The molecule has 7 heteroatoms. The van der Waals surface area contributed by atoms with Crippen LogP contribution in [0.25, 0.3) is 0 Å². The average Bonchev–Trinajstić information content (AvgIpc) is 3.21. The van der Waals surface area contributed by atoms with E-state index in [1.165, 1.54) is 18.9 Å². The molecule has 0 radical (unpaired) electrons. The van der Waals surface area contributed by atoms with Gasteiger partial charge in [-0.1, -0.05) is 18.2 Å². The number of nitro groups is 1. The molecule has 2 aromatic carbocycles. The van der Waals surface area contributed by atoms with E-state index < -0.39 is 4.92 Å². The fraction of sp³-hybridized carbons (Fsp3) is 0.350. The van der Waals surface area contributed by atoms with Gasteiger partial charge in [-0.2, -0.15) is 0 Å². The van der Waals surface area contributed by atoms with Crippen LogP contribution in [-0.2, 0) is 6.54 Å². The minimum absolute atomic E-state index is 0.103. The van der Waals surface area contributed by atoms with Crippen LogP contribution in [0.3, 0.4) is 0 Å². The zero-order valence-electron chi connectivity index (χ0n) is 15.6. The van der Waals surface area contributed by atoms with Gasteiger partial charge in [0.2, 0.25) is 0 Å².